The fraction of sp³-hybridized carbons (Fsp3) is 0.238. The lowest BCUT2D eigenvalue weighted by Crippen LogP contribution is -2.30. The fourth-order valence-electron chi connectivity index (χ4n) is 2.47. The number of nitrogens with one attached hydrogen (secondary N) is 3. The Bertz CT molecular complexity index is 827. The van der Waals surface area contributed by atoms with Crippen LogP contribution in [-0.4, -0.2) is 24.6 Å². The van der Waals surface area contributed by atoms with Gasteiger partial charge in [0.25, 0.3) is 0 Å². The molecule has 0 bridgehead atoms. The summed E-state index contributed by atoms with van der Waals surface area (Å²) in [6.45, 7) is 2.48. The number of benzene rings is 2. The van der Waals surface area contributed by atoms with Gasteiger partial charge in [-0.2, -0.15) is 0 Å². The number of anilines is 2. The summed E-state index contributed by atoms with van der Waals surface area (Å²) in [5.41, 5.74) is 2.17. The van der Waals surface area contributed by atoms with E-state index in [4.69, 9.17) is 4.74 Å². The molecule has 1 saturated carbocycles. The van der Waals surface area contributed by atoms with Crippen LogP contribution in [0.4, 0.5) is 16.2 Å². The molecule has 0 aliphatic heterocycles. The van der Waals surface area contributed by atoms with Crippen LogP contribution in [0.5, 0.6) is 5.75 Å². The van der Waals surface area contributed by atoms with Gasteiger partial charge in [-0.25, -0.2) is 4.79 Å². The van der Waals surface area contributed by atoms with Gasteiger partial charge in [-0.3, -0.25) is 4.79 Å². The summed E-state index contributed by atoms with van der Waals surface area (Å²) in [5, 5.41) is 8.42. The number of para-hydroxylation sites is 1. The Balaban J connectivity index is 1.53. The smallest absolute Gasteiger partial charge is 0.319 e. The normalized spacial score (nSPS) is 13.2. The summed E-state index contributed by atoms with van der Waals surface area (Å²) in [4.78, 5) is 23.8. The Hall–Kier alpha value is -3.28. The largest absolute Gasteiger partial charge is 0.493 e. The molecular weight excluding hydrogens is 342 g/mol. The SMILES string of the molecule is CCOc1ccccc1/C=C/C(=O)Nc1ccc(NC(=O)NC2CC2)cc1. The van der Waals surface area contributed by atoms with Crippen molar-refractivity contribution in [1.82, 2.24) is 5.32 Å². The van der Waals surface area contributed by atoms with Gasteiger partial charge < -0.3 is 20.7 Å². The first kappa shape index (κ1) is 18.5. The molecule has 0 aromatic heterocycles. The highest BCUT2D eigenvalue weighted by molar-refractivity contribution is 6.02. The third-order valence-corrected chi connectivity index (χ3v) is 3.96. The Morgan fingerprint density at radius 3 is 2.37 bits per heavy atom. The lowest BCUT2D eigenvalue weighted by Gasteiger charge is -2.08. The molecule has 2 aromatic rings. The maximum absolute atomic E-state index is 12.1. The number of rotatable bonds is 7. The second-order valence-electron chi connectivity index (χ2n) is 6.24. The number of ether oxygens (including phenoxy) is 1. The third-order valence-electron chi connectivity index (χ3n) is 3.96. The lowest BCUT2D eigenvalue weighted by molar-refractivity contribution is -0.111. The second kappa shape index (κ2) is 8.89. The molecule has 0 heterocycles. The summed E-state index contributed by atoms with van der Waals surface area (Å²) in [6.07, 6.45) is 5.27. The molecule has 1 aliphatic carbocycles. The van der Waals surface area contributed by atoms with Crippen molar-refractivity contribution in [1.29, 1.82) is 0 Å². The van der Waals surface area contributed by atoms with Gasteiger partial charge in [0.15, 0.2) is 0 Å². The van der Waals surface area contributed by atoms with Crippen LogP contribution in [0, 0.1) is 0 Å². The zero-order chi connectivity index (χ0) is 19.1. The molecule has 0 radical (unpaired) electrons. The molecule has 0 atom stereocenters. The Labute approximate surface area is 158 Å². The predicted octanol–water partition coefficient (Wildman–Crippen LogP) is 4.02. The van der Waals surface area contributed by atoms with Crippen molar-refractivity contribution < 1.29 is 14.3 Å². The topological polar surface area (TPSA) is 79.5 Å². The summed E-state index contributed by atoms with van der Waals surface area (Å²) >= 11 is 0. The van der Waals surface area contributed by atoms with E-state index in [-0.39, 0.29) is 11.9 Å². The van der Waals surface area contributed by atoms with Crippen molar-refractivity contribution in [2.24, 2.45) is 0 Å². The summed E-state index contributed by atoms with van der Waals surface area (Å²) in [7, 11) is 0. The van der Waals surface area contributed by atoms with Gasteiger partial charge in [0, 0.05) is 29.1 Å². The van der Waals surface area contributed by atoms with Crippen LogP contribution >= 0.6 is 0 Å². The minimum Gasteiger partial charge on any atom is -0.493 e. The highest BCUT2D eigenvalue weighted by Gasteiger charge is 2.23. The van der Waals surface area contributed by atoms with Crippen LogP contribution in [0.2, 0.25) is 0 Å². The van der Waals surface area contributed by atoms with Crippen molar-refractivity contribution in [2.75, 3.05) is 17.2 Å². The van der Waals surface area contributed by atoms with Gasteiger partial charge in [-0.15, -0.1) is 0 Å². The maximum Gasteiger partial charge on any atom is 0.319 e. The van der Waals surface area contributed by atoms with E-state index in [1.807, 2.05) is 31.2 Å². The first-order chi connectivity index (χ1) is 13.1. The molecule has 3 amide bonds. The van der Waals surface area contributed by atoms with Crippen molar-refractivity contribution >= 4 is 29.4 Å². The molecule has 140 valence electrons. The predicted molar refractivity (Wildman–Crippen MR) is 107 cm³/mol. The molecule has 27 heavy (non-hydrogen) atoms. The van der Waals surface area contributed by atoms with E-state index in [2.05, 4.69) is 16.0 Å². The van der Waals surface area contributed by atoms with E-state index in [0.717, 1.165) is 24.2 Å². The Kier molecular flexibility index (Phi) is 6.10. The van der Waals surface area contributed by atoms with Gasteiger partial charge in [-0.1, -0.05) is 18.2 Å². The molecule has 0 spiro atoms. The van der Waals surface area contributed by atoms with E-state index in [1.54, 1.807) is 30.3 Å². The molecule has 1 fully saturated rings. The molecule has 0 unspecified atom stereocenters. The Morgan fingerprint density at radius 2 is 1.70 bits per heavy atom. The van der Waals surface area contributed by atoms with E-state index in [9.17, 15) is 9.59 Å². The zero-order valence-electron chi connectivity index (χ0n) is 15.2. The molecule has 0 saturated heterocycles. The lowest BCUT2D eigenvalue weighted by atomic mass is 10.2. The quantitative estimate of drug-likeness (QED) is 0.648. The first-order valence-electron chi connectivity index (χ1n) is 9.02. The molecule has 1 aliphatic rings. The van der Waals surface area contributed by atoms with Crippen molar-refractivity contribution in [3.05, 3.63) is 60.2 Å². The molecular formula is C21H23N3O3. The summed E-state index contributed by atoms with van der Waals surface area (Å²) in [6, 6.07) is 14.6. The van der Waals surface area contributed by atoms with E-state index in [0.29, 0.717) is 24.0 Å². The third kappa shape index (κ3) is 5.88. The second-order valence-corrected chi connectivity index (χ2v) is 6.24. The summed E-state index contributed by atoms with van der Waals surface area (Å²) in [5.74, 6) is 0.498. The number of amides is 3. The van der Waals surface area contributed by atoms with E-state index >= 15 is 0 Å². The fourth-order valence-corrected chi connectivity index (χ4v) is 2.47. The van der Waals surface area contributed by atoms with Gasteiger partial charge in [0.05, 0.1) is 6.61 Å². The number of urea groups is 1. The van der Waals surface area contributed by atoms with Crippen LogP contribution < -0.4 is 20.7 Å². The number of carbonyl (C=O) groups is 2. The minimum atomic E-state index is -0.242. The highest BCUT2D eigenvalue weighted by Crippen LogP contribution is 2.20. The first-order valence-corrected chi connectivity index (χ1v) is 9.02. The van der Waals surface area contributed by atoms with Crippen molar-refractivity contribution in [3.8, 4) is 5.75 Å². The van der Waals surface area contributed by atoms with Gasteiger partial charge in [-0.05, 0) is 56.2 Å². The Morgan fingerprint density at radius 1 is 1.04 bits per heavy atom. The average Bonchev–Trinajstić information content (AvgIpc) is 3.47. The van der Waals surface area contributed by atoms with Crippen molar-refractivity contribution in [2.45, 2.75) is 25.8 Å². The van der Waals surface area contributed by atoms with Crippen LogP contribution in [0.25, 0.3) is 6.08 Å². The number of hydrogen-bond acceptors (Lipinski definition) is 3. The van der Waals surface area contributed by atoms with Crippen LogP contribution in [0.15, 0.2) is 54.6 Å². The average molecular weight is 365 g/mol. The van der Waals surface area contributed by atoms with Crippen molar-refractivity contribution in [3.63, 3.8) is 0 Å². The minimum absolute atomic E-state index is 0.204. The molecule has 6 heteroatoms. The highest BCUT2D eigenvalue weighted by atomic mass is 16.5. The molecule has 2 aromatic carbocycles. The van der Waals surface area contributed by atoms with Gasteiger partial charge >= 0.3 is 6.03 Å². The number of hydrogen-bond donors (Lipinski definition) is 3. The maximum atomic E-state index is 12.1. The molecule has 6 nitrogen and oxygen atoms in total. The van der Waals surface area contributed by atoms with Gasteiger partial charge in [0.1, 0.15) is 5.75 Å². The monoisotopic (exact) mass is 365 g/mol. The number of carbonyl (C=O) groups excluding carboxylic acids is 2. The molecule has 3 rings (SSSR count). The van der Waals surface area contributed by atoms with Gasteiger partial charge in [0.2, 0.25) is 5.91 Å². The standard InChI is InChI=1S/C21H23N3O3/c1-2-27-19-6-4-3-5-15(19)7-14-20(25)22-16-8-10-17(11-9-16)23-21(26)24-18-12-13-18/h3-11,14,18H,2,12-13H2,1H3,(H,22,25)(H2,23,24,26)/b14-7+. The molecule has 3 N–H and O–H groups in total. The van der Waals surface area contributed by atoms with E-state index < -0.39 is 0 Å². The summed E-state index contributed by atoms with van der Waals surface area (Å²) < 4.78 is 5.54. The zero-order valence-corrected chi connectivity index (χ0v) is 15.2. The van der Waals surface area contributed by atoms with Crippen LogP contribution in [0.1, 0.15) is 25.3 Å². The van der Waals surface area contributed by atoms with Crippen LogP contribution in [0.3, 0.4) is 0 Å². The van der Waals surface area contributed by atoms with E-state index in [1.165, 1.54) is 6.08 Å². The van der Waals surface area contributed by atoms with Crippen LogP contribution in [-0.2, 0) is 4.79 Å².